The number of methoxy groups -OCH3 is 1. The minimum atomic E-state index is -0.507. The van der Waals surface area contributed by atoms with Gasteiger partial charge in [-0.15, -0.1) is 0 Å². The molecule has 6 nitrogen and oxygen atoms in total. The van der Waals surface area contributed by atoms with Crippen molar-refractivity contribution in [1.82, 2.24) is 10.3 Å². The highest BCUT2D eigenvalue weighted by Gasteiger charge is 2.25. The van der Waals surface area contributed by atoms with Gasteiger partial charge < -0.3 is 4.74 Å². The number of allylic oxidation sites excluding steroid dienone is 1. The van der Waals surface area contributed by atoms with Crippen LogP contribution in [0.15, 0.2) is 35.4 Å². The molecule has 6 heteroatoms. The van der Waals surface area contributed by atoms with E-state index in [4.69, 9.17) is 4.74 Å². The molecule has 2 rings (SSSR count). The molecule has 1 heterocycles. The number of nitrogens with zero attached hydrogens (tertiary/aromatic N) is 2. The van der Waals surface area contributed by atoms with Crippen molar-refractivity contribution in [2.75, 3.05) is 13.7 Å². The van der Waals surface area contributed by atoms with Crippen molar-refractivity contribution in [1.29, 1.82) is 0 Å². The number of urea groups is 1. The highest BCUT2D eigenvalue weighted by molar-refractivity contribution is 6.02. The van der Waals surface area contributed by atoms with Gasteiger partial charge in [0.05, 0.1) is 7.11 Å². The molecule has 0 radical (unpaired) electrons. The summed E-state index contributed by atoms with van der Waals surface area (Å²) in [6.07, 6.45) is 4.93. The number of imide groups is 1. The third-order valence-corrected chi connectivity index (χ3v) is 2.48. The van der Waals surface area contributed by atoms with Crippen LogP contribution in [0.4, 0.5) is 4.79 Å². The molecule has 0 unspecified atom stereocenters. The van der Waals surface area contributed by atoms with Crippen LogP contribution in [-0.2, 0) is 4.79 Å². The molecular formula is C13H13N3O3. The van der Waals surface area contributed by atoms with Gasteiger partial charge in [-0.2, -0.15) is 5.10 Å². The van der Waals surface area contributed by atoms with Crippen LogP contribution in [0.25, 0.3) is 6.08 Å². The Balaban J connectivity index is 2.00. The number of hydrogen-bond acceptors (Lipinski definition) is 4. The van der Waals surface area contributed by atoms with E-state index in [1.807, 2.05) is 24.3 Å². The van der Waals surface area contributed by atoms with E-state index in [1.54, 1.807) is 19.3 Å². The first-order valence-electron chi connectivity index (χ1n) is 5.65. The van der Waals surface area contributed by atoms with Gasteiger partial charge in [-0.3, -0.25) is 10.1 Å². The average Bonchev–Trinajstić information content (AvgIpc) is 2.73. The molecule has 1 aliphatic rings. The first kappa shape index (κ1) is 12.8. The molecule has 98 valence electrons. The molecule has 0 aliphatic carbocycles. The fourth-order valence-corrected chi connectivity index (χ4v) is 1.59. The Bertz CT molecular complexity index is 552. The lowest BCUT2D eigenvalue weighted by molar-refractivity contribution is -0.118. The Hall–Kier alpha value is -2.63. The van der Waals surface area contributed by atoms with E-state index in [0.29, 0.717) is 0 Å². The van der Waals surface area contributed by atoms with Crippen molar-refractivity contribution in [3.05, 3.63) is 35.9 Å². The lowest BCUT2D eigenvalue weighted by atomic mass is 10.2. The Kier molecular flexibility index (Phi) is 3.92. The number of hydrogen-bond donors (Lipinski definition) is 1. The summed E-state index contributed by atoms with van der Waals surface area (Å²) in [6, 6.07) is 7.02. The average molecular weight is 259 g/mol. The molecule has 0 bridgehead atoms. The quantitative estimate of drug-likeness (QED) is 0.653. The zero-order valence-corrected chi connectivity index (χ0v) is 10.4. The van der Waals surface area contributed by atoms with Crippen LogP contribution >= 0.6 is 0 Å². The van der Waals surface area contributed by atoms with E-state index >= 15 is 0 Å². The first-order chi connectivity index (χ1) is 9.20. The molecular weight excluding hydrogens is 246 g/mol. The summed E-state index contributed by atoms with van der Waals surface area (Å²) < 4.78 is 5.19. The van der Waals surface area contributed by atoms with E-state index in [1.165, 1.54) is 6.21 Å². The van der Waals surface area contributed by atoms with Crippen molar-refractivity contribution in [3.8, 4) is 5.75 Å². The Morgan fingerprint density at radius 1 is 1.37 bits per heavy atom. The van der Waals surface area contributed by atoms with Gasteiger partial charge in [-0.05, 0) is 18.2 Å². The van der Waals surface area contributed by atoms with Crippen molar-refractivity contribution < 1.29 is 14.3 Å². The number of nitrogens with one attached hydrogen (secondary N) is 1. The molecule has 0 atom stereocenters. The summed E-state index contributed by atoms with van der Waals surface area (Å²) in [4.78, 5) is 22.1. The topological polar surface area (TPSA) is 71.0 Å². The van der Waals surface area contributed by atoms with Crippen LogP contribution in [0.1, 0.15) is 5.56 Å². The minimum Gasteiger partial charge on any atom is -0.496 e. The van der Waals surface area contributed by atoms with Crippen molar-refractivity contribution in [3.63, 3.8) is 0 Å². The molecule has 1 aromatic rings. The SMILES string of the molecule is COc1ccccc1/C=C/C=N/N1CC(=O)NC1=O. The zero-order valence-electron chi connectivity index (χ0n) is 10.4. The number of amides is 3. The Labute approximate surface area is 110 Å². The number of para-hydroxylation sites is 1. The summed E-state index contributed by atoms with van der Waals surface area (Å²) in [6.45, 7) is -0.0438. The van der Waals surface area contributed by atoms with Crippen LogP contribution in [0, 0.1) is 0 Å². The van der Waals surface area contributed by atoms with E-state index in [-0.39, 0.29) is 12.5 Å². The summed E-state index contributed by atoms with van der Waals surface area (Å²) in [5, 5.41) is 7.07. The number of carbonyl (C=O) groups excluding carboxylic acids is 2. The summed E-state index contributed by atoms with van der Waals surface area (Å²) in [5.41, 5.74) is 0.901. The van der Waals surface area contributed by atoms with Gasteiger partial charge in [0.2, 0.25) is 5.91 Å². The molecule has 0 aromatic heterocycles. The van der Waals surface area contributed by atoms with E-state index in [0.717, 1.165) is 16.3 Å². The van der Waals surface area contributed by atoms with Gasteiger partial charge in [-0.25, -0.2) is 9.80 Å². The highest BCUT2D eigenvalue weighted by atomic mass is 16.5. The summed E-state index contributed by atoms with van der Waals surface area (Å²) in [7, 11) is 1.60. The molecule has 0 saturated carbocycles. The van der Waals surface area contributed by atoms with Gasteiger partial charge >= 0.3 is 6.03 Å². The van der Waals surface area contributed by atoms with Gasteiger partial charge in [-0.1, -0.05) is 18.2 Å². The van der Waals surface area contributed by atoms with Crippen molar-refractivity contribution in [2.24, 2.45) is 5.10 Å². The second-order valence-corrected chi connectivity index (χ2v) is 3.78. The van der Waals surface area contributed by atoms with E-state index < -0.39 is 6.03 Å². The van der Waals surface area contributed by atoms with Crippen LogP contribution in [0.3, 0.4) is 0 Å². The van der Waals surface area contributed by atoms with Gasteiger partial charge in [0, 0.05) is 11.8 Å². The largest absolute Gasteiger partial charge is 0.496 e. The third kappa shape index (κ3) is 3.19. The fraction of sp³-hybridized carbons (Fsp3) is 0.154. The molecule has 1 N–H and O–H groups in total. The summed E-state index contributed by atoms with van der Waals surface area (Å²) >= 11 is 0. The molecule has 19 heavy (non-hydrogen) atoms. The summed E-state index contributed by atoms with van der Waals surface area (Å²) in [5.74, 6) is 0.400. The monoisotopic (exact) mass is 259 g/mol. The Morgan fingerprint density at radius 2 is 2.16 bits per heavy atom. The number of benzene rings is 1. The lowest BCUT2D eigenvalue weighted by Crippen LogP contribution is -2.23. The first-order valence-corrected chi connectivity index (χ1v) is 5.65. The number of hydrazone groups is 1. The standard InChI is InChI=1S/C13H13N3O3/c1-19-11-7-3-2-5-10(11)6-4-8-14-16-9-12(17)15-13(16)18/h2-8H,9H2,1H3,(H,15,17,18)/b6-4+,14-8+. The van der Waals surface area contributed by atoms with E-state index in [2.05, 4.69) is 10.4 Å². The second-order valence-electron chi connectivity index (χ2n) is 3.78. The molecule has 0 spiro atoms. The fourth-order valence-electron chi connectivity index (χ4n) is 1.59. The number of carbonyl (C=O) groups is 2. The van der Waals surface area contributed by atoms with Gasteiger partial charge in [0.25, 0.3) is 0 Å². The third-order valence-electron chi connectivity index (χ3n) is 2.48. The predicted octanol–water partition coefficient (Wildman–Crippen LogP) is 1.25. The van der Waals surface area contributed by atoms with Gasteiger partial charge in [0.1, 0.15) is 12.3 Å². The number of rotatable bonds is 4. The minimum absolute atomic E-state index is 0.0438. The van der Waals surface area contributed by atoms with Crippen molar-refractivity contribution >= 4 is 24.2 Å². The maximum absolute atomic E-state index is 11.2. The lowest BCUT2D eigenvalue weighted by Gasteiger charge is -2.03. The van der Waals surface area contributed by atoms with Crippen molar-refractivity contribution in [2.45, 2.75) is 0 Å². The zero-order chi connectivity index (χ0) is 13.7. The highest BCUT2D eigenvalue weighted by Crippen LogP contribution is 2.18. The Morgan fingerprint density at radius 3 is 2.84 bits per heavy atom. The van der Waals surface area contributed by atoms with Crippen LogP contribution < -0.4 is 10.1 Å². The van der Waals surface area contributed by atoms with Crippen LogP contribution in [0.5, 0.6) is 5.75 Å². The molecule has 1 saturated heterocycles. The van der Waals surface area contributed by atoms with Crippen LogP contribution in [0.2, 0.25) is 0 Å². The molecule has 1 fully saturated rings. The smallest absolute Gasteiger partial charge is 0.344 e. The number of ether oxygens (including phenoxy) is 1. The second kappa shape index (κ2) is 5.81. The molecule has 3 amide bonds. The van der Waals surface area contributed by atoms with Crippen LogP contribution in [-0.4, -0.2) is 36.8 Å². The maximum Gasteiger partial charge on any atom is 0.344 e. The van der Waals surface area contributed by atoms with E-state index in [9.17, 15) is 9.59 Å². The maximum atomic E-state index is 11.2. The molecule has 1 aromatic carbocycles. The predicted molar refractivity (Wildman–Crippen MR) is 70.8 cm³/mol. The van der Waals surface area contributed by atoms with Gasteiger partial charge in [0.15, 0.2) is 0 Å². The molecule has 1 aliphatic heterocycles. The normalized spacial score (nSPS) is 15.5.